The summed E-state index contributed by atoms with van der Waals surface area (Å²) in [6, 6.07) is 4.00. The second-order valence-corrected chi connectivity index (χ2v) is 7.47. The van der Waals surface area contributed by atoms with E-state index in [1.54, 1.807) is 6.92 Å². The maximum absolute atomic E-state index is 13.1. The first-order valence-corrected chi connectivity index (χ1v) is 9.66. The highest BCUT2D eigenvalue weighted by molar-refractivity contribution is 6.24. The first-order chi connectivity index (χ1) is 15.3. The summed E-state index contributed by atoms with van der Waals surface area (Å²) >= 11 is 0. The van der Waals surface area contributed by atoms with E-state index in [1.807, 2.05) is 0 Å². The minimum absolute atomic E-state index is 0.0249. The molecule has 33 heavy (non-hydrogen) atoms. The third-order valence-corrected chi connectivity index (χ3v) is 4.68. The average molecular weight is 467 g/mol. The van der Waals surface area contributed by atoms with Gasteiger partial charge >= 0.3 is 6.18 Å². The molecule has 0 atom stereocenters. The van der Waals surface area contributed by atoms with Gasteiger partial charge in [-0.05, 0) is 32.9 Å². The first kappa shape index (κ1) is 25.4. The van der Waals surface area contributed by atoms with Crippen LogP contribution in [0.5, 0.6) is 0 Å². The highest BCUT2D eigenvalue weighted by Crippen LogP contribution is 2.41. The number of hydrogen-bond donors (Lipinski definition) is 4. The van der Waals surface area contributed by atoms with Crippen LogP contribution in [0, 0.1) is 0 Å². The summed E-state index contributed by atoms with van der Waals surface area (Å²) in [7, 11) is 0. The first-order valence-electron chi connectivity index (χ1n) is 9.66. The lowest BCUT2D eigenvalue weighted by atomic mass is 9.89. The van der Waals surface area contributed by atoms with E-state index in [9.17, 15) is 22.8 Å². The smallest absolute Gasteiger partial charge is 0.397 e. The molecule has 2 aromatic rings. The van der Waals surface area contributed by atoms with Gasteiger partial charge in [-0.3, -0.25) is 19.6 Å². The van der Waals surface area contributed by atoms with Crippen molar-refractivity contribution < 1.29 is 27.3 Å². The second-order valence-electron chi connectivity index (χ2n) is 7.47. The second kappa shape index (κ2) is 9.71. The van der Waals surface area contributed by atoms with Crippen molar-refractivity contribution in [3.63, 3.8) is 0 Å². The molecule has 0 aliphatic heterocycles. The zero-order valence-electron chi connectivity index (χ0n) is 18.2. The van der Waals surface area contributed by atoms with Crippen molar-refractivity contribution in [3.05, 3.63) is 47.0 Å². The molecule has 2 amide bonds. The molecular weight excluding hydrogens is 443 g/mol. The normalized spacial score (nSPS) is 13.5. The molecule has 0 aliphatic carbocycles. The van der Waals surface area contributed by atoms with Crippen LogP contribution < -0.4 is 22.5 Å². The van der Waals surface area contributed by atoms with Crippen LogP contribution in [0.2, 0.25) is 0 Å². The minimum Gasteiger partial charge on any atom is -0.397 e. The van der Waals surface area contributed by atoms with Gasteiger partial charge in [0.15, 0.2) is 11.6 Å². The lowest BCUT2D eigenvalue weighted by molar-refractivity contribution is -0.185. The molecule has 0 saturated carbocycles. The predicted molar refractivity (Wildman–Crippen MR) is 115 cm³/mol. The summed E-state index contributed by atoms with van der Waals surface area (Å²) in [6.45, 7) is 3.93. The molecule has 0 aromatic carbocycles. The fraction of sp³-hybridized carbons (Fsp3) is 0.350. The number of hydrogen-bond acceptors (Lipinski definition) is 7. The zero-order valence-corrected chi connectivity index (χ0v) is 18.2. The van der Waals surface area contributed by atoms with Crippen molar-refractivity contribution in [2.75, 3.05) is 11.9 Å². The van der Waals surface area contributed by atoms with Crippen LogP contribution in [0.15, 0.2) is 39.5 Å². The Labute approximate surface area is 187 Å². The van der Waals surface area contributed by atoms with E-state index in [0.717, 1.165) is 19.9 Å². The van der Waals surface area contributed by atoms with Gasteiger partial charge in [-0.2, -0.15) is 13.2 Å². The van der Waals surface area contributed by atoms with E-state index >= 15 is 0 Å². The van der Waals surface area contributed by atoms with E-state index in [0.29, 0.717) is 17.8 Å². The van der Waals surface area contributed by atoms with E-state index < -0.39 is 29.2 Å². The van der Waals surface area contributed by atoms with Crippen molar-refractivity contribution in [2.45, 2.75) is 38.8 Å². The third kappa shape index (κ3) is 5.87. The van der Waals surface area contributed by atoms with Crippen LogP contribution in [-0.4, -0.2) is 40.5 Å². The van der Waals surface area contributed by atoms with Gasteiger partial charge in [0.05, 0.1) is 12.1 Å². The molecular formula is C20H24F3N7O3. The quantitative estimate of drug-likeness (QED) is 0.259. The number of aliphatic imine (C=N–C) groups is 1. The third-order valence-electron chi connectivity index (χ3n) is 4.68. The number of rotatable bonds is 8. The highest BCUT2D eigenvalue weighted by Gasteiger charge is 2.51. The van der Waals surface area contributed by atoms with Crippen LogP contribution in [-0.2, 0) is 21.4 Å². The number of halogens is 3. The molecule has 0 aliphatic rings. The Kier molecular flexibility index (Phi) is 7.46. The summed E-state index contributed by atoms with van der Waals surface area (Å²) in [4.78, 5) is 32.0. The SMILES string of the molecule is CCN=C(N)/C(C(N)=O)=C(\N)c1ccc(CC(=O)Nc2cc(C(C)(C)C(F)(F)F)on2)nc1. The molecule has 10 nitrogen and oxygen atoms in total. The van der Waals surface area contributed by atoms with Crippen LogP contribution >= 0.6 is 0 Å². The van der Waals surface area contributed by atoms with Crippen molar-refractivity contribution in [1.82, 2.24) is 10.1 Å². The topological polar surface area (TPSA) is 176 Å². The summed E-state index contributed by atoms with van der Waals surface area (Å²) in [5.74, 6) is -2.14. The average Bonchev–Trinajstić information content (AvgIpc) is 3.16. The lowest BCUT2D eigenvalue weighted by Gasteiger charge is -2.24. The largest absolute Gasteiger partial charge is 0.401 e. The number of carbonyl (C=O) groups excluding carboxylic acids is 2. The zero-order chi connectivity index (χ0) is 25.0. The van der Waals surface area contributed by atoms with Gasteiger partial charge in [0.25, 0.3) is 5.91 Å². The molecule has 2 aromatic heterocycles. The van der Waals surface area contributed by atoms with Gasteiger partial charge < -0.3 is 27.0 Å². The monoisotopic (exact) mass is 467 g/mol. The summed E-state index contributed by atoms with van der Waals surface area (Å²) in [6.07, 6.45) is -3.45. The van der Waals surface area contributed by atoms with Crippen LogP contribution in [0.1, 0.15) is 37.8 Å². The van der Waals surface area contributed by atoms with Gasteiger partial charge in [0.1, 0.15) is 16.8 Å². The fourth-order valence-electron chi connectivity index (χ4n) is 2.60. The summed E-state index contributed by atoms with van der Waals surface area (Å²) in [5.41, 5.74) is 15.3. The summed E-state index contributed by atoms with van der Waals surface area (Å²) < 4.78 is 44.1. The molecule has 2 rings (SSSR count). The molecule has 2 heterocycles. The number of alkyl halides is 3. The van der Waals surface area contributed by atoms with E-state index in [4.69, 9.17) is 21.7 Å². The highest BCUT2D eigenvalue weighted by atomic mass is 19.4. The maximum atomic E-state index is 13.1. The van der Waals surface area contributed by atoms with Gasteiger partial charge in [-0.25, -0.2) is 0 Å². The number of nitrogens with zero attached hydrogens (tertiary/aromatic N) is 3. The van der Waals surface area contributed by atoms with Crippen molar-refractivity contribution in [2.24, 2.45) is 22.2 Å². The lowest BCUT2D eigenvalue weighted by Crippen LogP contribution is -2.35. The van der Waals surface area contributed by atoms with E-state index in [-0.39, 0.29) is 29.3 Å². The van der Waals surface area contributed by atoms with Crippen molar-refractivity contribution in [1.29, 1.82) is 0 Å². The predicted octanol–water partition coefficient (Wildman–Crippen LogP) is 1.62. The number of aromatic nitrogens is 2. The number of amides is 2. The number of nitrogens with one attached hydrogen (secondary N) is 1. The molecule has 13 heteroatoms. The standard InChI is InChI=1S/C20H24F3N7O3/c1-4-27-17(25)15(18(26)32)16(24)10-5-6-11(28-9-10)7-14(31)29-13-8-12(33-30-13)19(2,3)20(21,22)23/h5-6,8-9H,4,7,24H2,1-3H3,(H2,25,27)(H2,26,32)(H,29,30,31)/b16-15+. The number of carbonyl (C=O) groups is 2. The van der Waals surface area contributed by atoms with Crippen molar-refractivity contribution in [3.8, 4) is 0 Å². The Hall–Kier alpha value is -3.90. The van der Waals surface area contributed by atoms with Crippen LogP contribution in [0.4, 0.5) is 19.0 Å². The van der Waals surface area contributed by atoms with Crippen LogP contribution in [0.3, 0.4) is 0 Å². The fourth-order valence-corrected chi connectivity index (χ4v) is 2.60. The van der Waals surface area contributed by atoms with Crippen LogP contribution in [0.25, 0.3) is 5.70 Å². The minimum atomic E-state index is -4.56. The Bertz CT molecular complexity index is 1090. The van der Waals surface area contributed by atoms with Gasteiger partial charge in [-0.1, -0.05) is 5.16 Å². The molecule has 178 valence electrons. The summed E-state index contributed by atoms with van der Waals surface area (Å²) in [5, 5.41) is 5.82. The number of nitrogens with two attached hydrogens (primary N) is 3. The van der Waals surface area contributed by atoms with Gasteiger partial charge in [0, 0.05) is 30.1 Å². The molecule has 0 fully saturated rings. The van der Waals surface area contributed by atoms with E-state index in [1.165, 1.54) is 18.3 Å². The van der Waals surface area contributed by atoms with Gasteiger partial charge in [-0.15, -0.1) is 0 Å². The van der Waals surface area contributed by atoms with Gasteiger partial charge in [0.2, 0.25) is 5.91 Å². The number of pyridine rings is 1. The molecule has 0 saturated heterocycles. The Morgan fingerprint density at radius 3 is 2.36 bits per heavy atom. The Balaban J connectivity index is 2.13. The molecule has 7 N–H and O–H groups in total. The van der Waals surface area contributed by atoms with E-state index in [2.05, 4.69) is 20.4 Å². The maximum Gasteiger partial charge on any atom is 0.401 e. The number of amidine groups is 1. The number of anilines is 1. The molecule has 0 unspecified atom stereocenters. The molecule has 0 radical (unpaired) electrons. The number of primary amides is 1. The Morgan fingerprint density at radius 1 is 1.18 bits per heavy atom. The molecule has 0 bridgehead atoms. The molecule has 0 spiro atoms. The van der Waals surface area contributed by atoms with Crippen molar-refractivity contribution >= 4 is 29.2 Å². The Morgan fingerprint density at radius 2 is 1.85 bits per heavy atom.